The van der Waals surface area contributed by atoms with Gasteiger partial charge in [-0.25, -0.2) is 0 Å². The molecule has 24 heavy (non-hydrogen) atoms. The highest BCUT2D eigenvalue weighted by molar-refractivity contribution is 6.02. The van der Waals surface area contributed by atoms with Crippen LogP contribution in [0.5, 0.6) is 5.75 Å². The third kappa shape index (κ3) is 3.52. The van der Waals surface area contributed by atoms with Gasteiger partial charge >= 0.3 is 0 Å². The van der Waals surface area contributed by atoms with Crippen molar-refractivity contribution in [3.8, 4) is 5.75 Å². The average Bonchev–Trinajstić information content (AvgIpc) is 2.60. The maximum Gasteiger partial charge on any atom is 0.255 e. The van der Waals surface area contributed by atoms with Crippen molar-refractivity contribution in [2.24, 2.45) is 0 Å². The molecule has 0 aliphatic carbocycles. The summed E-state index contributed by atoms with van der Waals surface area (Å²) in [5.74, 6) is 0.332. The zero-order chi connectivity index (χ0) is 16.9. The van der Waals surface area contributed by atoms with Crippen molar-refractivity contribution in [2.75, 3.05) is 12.4 Å². The van der Waals surface area contributed by atoms with Crippen molar-refractivity contribution < 1.29 is 9.53 Å². The van der Waals surface area contributed by atoms with Gasteiger partial charge < -0.3 is 15.0 Å². The zero-order valence-electron chi connectivity index (χ0n) is 13.1. The topological polar surface area (TPSA) is 71.2 Å². The lowest BCUT2D eigenvalue weighted by Gasteiger charge is -2.04. The normalized spacial score (nSPS) is 10.9. The first-order valence-electron chi connectivity index (χ1n) is 7.41. The molecule has 0 atom stereocenters. The number of benzene rings is 2. The van der Waals surface area contributed by atoms with Crippen LogP contribution in [0.15, 0.2) is 65.5 Å². The van der Waals surface area contributed by atoms with Gasteiger partial charge in [-0.3, -0.25) is 9.59 Å². The molecule has 0 spiro atoms. The molecular weight excluding hydrogens is 304 g/mol. The Balaban J connectivity index is 1.78. The number of H-pyrrole nitrogens is 1. The van der Waals surface area contributed by atoms with E-state index in [1.165, 1.54) is 12.2 Å². The van der Waals surface area contributed by atoms with Gasteiger partial charge in [-0.15, -0.1) is 0 Å². The first-order chi connectivity index (χ1) is 11.7. The number of pyridine rings is 1. The fraction of sp³-hybridized carbons (Fsp3) is 0.0526. The molecule has 1 amide bonds. The highest BCUT2D eigenvalue weighted by Gasteiger charge is 2.02. The second kappa shape index (κ2) is 6.83. The molecule has 1 heterocycles. The van der Waals surface area contributed by atoms with Crippen molar-refractivity contribution in [2.45, 2.75) is 0 Å². The molecule has 2 aromatic carbocycles. The molecule has 5 heteroatoms. The molecular formula is C19H16N2O3. The van der Waals surface area contributed by atoms with Crippen LogP contribution in [-0.4, -0.2) is 18.0 Å². The number of hydrogen-bond acceptors (Lipinski definition) is 3. The minimum absolute atomic E-state index is 0.237. The van der Waals surface area contributed by atoms with Crippen LogP contribution in [0.3, 0.4) is 0 Å². The van der Waals surface area contributed by atoms with Crippen molar-refractivity contribution in [1.82, 2.24) is 4.98 Å². The van der Waals surface area contributed by atoms with E-state index < -0.39 is 0 Å². The van der Waals surface area contributed by atoms with E-state index in [9.17, 15) is 9.59 Å². The Labute approximate surface area is 138 Å². The van der Waals surface area contributed by atoms with E-state index in [1.807, 2.05) is 24.3 Å². The molecule has 3 aromatic rings. The molecule has 120 valence electrons. The van der Waals surface area contributed by atoms with Gasteiger partial charge in [0, 0.05) is 28.9 Å². The molecule has 0 saturated heterocycles. The van der Waals surface area contributed by atoms with E-state index in [2.05, 4.69) is 10.3 Å². The van der Waals surface area contributed by atoms with Crippen LogP contribution in [0, 0.1) is 0 Å². The van der Waals surface area contributed by atoms with Crippen LogP contribution in [0.2, 0.25) is 0 Å². The Morgan fingerprint density at radius 2 is 1.96 bits per heavy atom. The summed E-state index contributed by atoms with van der Waals surface area (Å²) in [4.78, 5) is 26.8. The van der Waals surface area contributed by atoms with E-state index in [0.29, 0.717) is 17.0 Å². The molecule has 0 bridgehead atoms. The van der Waals surface area contributed by atoms with Crippen LogP contribution >= 0.6 is 0 Å². The van der Waals surface area contributed by atoms with Gasteiger partial charge in [-0.2, -0.15) is 0 Å². The number of amides is 1. The molecule has 0 unspecified atom stereocenters. The third-order valence-corrected chi connectivity index (χ3v) is 3.53. The standard InChI is InChI=1S/C19H16N2O3/c1-24-16-7-4-6-15(12-16)20-18(22)10-9-14-11-13-5-2-3-8-17(13)21-19(14)23/h2-12H,1H3,(H,20,22)(H,21,23)/b10-9+. The minimum Gasteiger partial charge on any atom is -0.497 e. The lowest BCUT2D eigenvalue weighted by molar-refractivity contribution is -0.111. The van der Waals surface area contributed by atoms with Crippen LogP contribution in [0.25, 0.3) is 17.0 Å². The number of carbonyl (C=O) groups excluding carboxylic acids is 1. The van der Waals surface area contributed by atoms with Gasteiger partial charge in [0.05, 0.1) is 7.11 Å². The second-order valence-electron chi connectivity index (χ2n) is 5.20. The highest BCUT2D eigenvalue weighted by atomic mass is 16.5. The average molecular weight is 320 g/mol. The molecule has 2 N–H and O–H groups in total. The Bertz CT molecular complexity index is 974. The first kappa shape index (κ1) is 15.6. The van der Waals surface area contributed by atoms with Gasteiger partial charge in [0.1, 0.15) is 5.75 Å². The van der Waals surface area contributed by atoms with Crippen molar-refractivity contribution in [3.63, 3.8) is 0 Å². The van der Waals surface area contributed by atoms with Gasteiger partial charge in [-0.1, -0.05) is 24.3 Å². The zero-order valence-corrected chi connectivity index (χ0v) is 13.1. The van der Waals surface area contributed by atoms with E-state index in [-0.39, 0.29) is 11.5 Å². The number of carbonyl (C=O) groups is 1. The fourth-order valence-corrected chi connectivity index (χ4v) is 2.34. The number of aromatic nitrogens is 1. The Morgan fingerprint density at radius 1 is 1.12 bits per heavy atom. The largest absolute Gasteiger partial charge is 0.497 e. The van der Waals surface area contributed by atoms with E-state index >= 15 is 0 Å². The Morgan fingerprint density at radius 3 is 2.79 bits per heavy atom. The summed E-state index contributed by atoms with van der Waals surface area (Å²) in [6.07, 6.45) is 2.83. The molecule has 3 rings (SSSR count). The Kier molecular flexibility index (Phi) is 4.43. The lowest BCUT2D eigenvalue weighted by atomic mass is 10.1. The number of para-hydroxylation sites is 1. The molecule has 0 fully saturated rings. The van der Waals surface area contributed by atoms with Gasteiger partial charge in [0.15, 0.2) is 0 Å². The molecule has 0 aliphatic heterocycles. The van der Waals surface area contributed by atoms with Crippen LogP contribution in [-0.2, 0) is 4.79 Å². The second-order valence-corrected chi connectivity index (χ2v) is 5.20. The number of rotatable bonds is 4. The summed E-state index contributed by atoms with van der Waals surface area (Å²) < 4.78 is 5.11. The highest BCUT2D eigenvalue weighted by Crippen LogP contribution is 2.16. The SMILES string of the molecule is COc1cccc(NC(=O)/C=C/c2cc3ccccc3[nH]c2=O)c1. The molecule has 0 saturated carbocycles. The van der Waals surface area contributed by atoms with E-state index in [0.717, 1.165) is 10.9 Å². The summed E-state index contributed by atoms with van der Waals surface area (Å²) in [5.41, 5.74) is 1.57. The molecule has 0 radical (unpaired) electrons. The maximum atomic E-state index is 12.0. The smallest absolute Gasteiger partial charge is 0.255 e. The number of anilines is 1. The number of nitrogens with one attached hydrogen (secondary N) is 2. The maximum absolute atomic E-state index is 12.0. The predicted octanol–water partition coefficient (Wildman–Crippen LogP) is 3.19. The molecule has 0 aliphatic rings. The number of fused-ring (bicyclic) bond motifs is 1. The number of aromatic amines is 1. The molecule has 1 aromatic heterocycles. The first-order valence-corrected chi connectivity index (χ1v) is 7.41. The lowest BCUT2D eigenvalue weighted by Crippen LogP contribution is -2.11. The van der Waals surface area contributed by atoms with Crippen LogP contribution in [0.4, 0.5) is 5.69 Å². The monoisotopic (exact) mass is 320 g/mol. The summed E-state index contributed by atoms with van der Waals surface area (Å²) in [7, 11) is 1.56. The quantitative estimate of drug-likeness (QED) is 0.725. The van der Waals surface area contributed by atoms with Crippen molar-refractivity contribution in [3.05, 3.63) is 76.6 Å². The van der Waals surface area contributed by atoms with Gasteiger partial charge in [0.2, 0.25) is 5.91 Å². The third-order valence-electron chi connectivity index (χ3n) is 3.53. The number of hydrogen-bond donors (Lipinski definition) is 2. The number of ether oxygens (including phenoxy) is 1. The van der Waals surface area contributed by atoms with Crippen molar-refractivity contribution >= 4 is 28.6 Å². The Hall–Kier alpha value is -3.34. The summed E-state index contributed by atoms with van der Waals surface area (Å²) >= 11 is 0. The van der Waals surface area contributed by atoms with Crippen LogP contribution < -0.4 is 15.6 Å². The minimum atomic E-state index is -0.323. The fourth-order valence-electron chi connectivity index (χ4n) is 2.34. The summed E-state index contributed by atoms with van der Waals surface area (Å²) in [6.45, 7) is 0. The summed E-state index contributed by atoms with van der Waals surface area (Å²) in [6, 6.07) is 16.3. The van der Waals surface area contributed by atoms with Gasteiger partial charge in [0.25, 0.3) is 5.56 Å². The predicted molar refractivity (Wildman–Crippen MR) is 95.2 cm³/mol. The van der Waals surface area contributed by atoms with E-state index in [1.54, 1.807) is 37.4 Å². The van der Waals surface area contributed by atoms with Crippen molar-refractivity contribution in [1.29, 1.82) is 0 Å². The van der Waals surface area contributed by atoms with Gasteiger partial charge in [-0.05, 0) is 35.7 Å². The number of methoxy groups -OCH3 is 1. The molecule has 5 nitrogen and oxygen atoms in total. The summed E-state index contributed by atoms with van der Waals surface area (Å²) in [5, 5.41) is 3.63. The van der Waals surface area contributed by atoms with Crippen LogP contribution in [0.1, 0.15) is 5.56 Å². The van der Waals surface area contributed by atoms with E-state index in [4.69, 9.17) is 4.74 Å².